The Morgan fingerprint density at radius 3 is 2.65 bits per heavy atom. The second-order valence-corrected chi connectivity index (χ2v) is 8.37. The topological polar surface area (TPSA) is 71.0 Å². The summed E-state index contributed by atoms with van der Waals surface area (Å²) >= 11 is 0. The fourth-order valence-corrected chi connectivity index (χ4v) is 4.30. The van der Waals surface area contributed by atoms with Gasteiger partial charge in [0.1, 0.15) is 17.5 Å². The average molecular weight is 424 g/mol. The van der Waals surface area contributed by atoms with Crippen molar-refractivity contribution in [2.24, 2.45) is 11.8 Å². The van der Waals surface area contributed by atoms with Gasteiger partial charge in [-0.3, -0.25) is 4.79 Å². The number of nitrogens with one attached hydrogen (secondary N) is 1. The molecule has 31 heavy (non-hydrogen) atoms. The summed E-state index contributed by atoms with van der Waals surface area (Å²) in [4.78, 5) is 26.6. The van der Waals surface area contributed by atoms with Gasteiger partial charge in [0.15, 0.2) is 0 Å². The zero-order valence-corrected chi connectivity index (χ0v) is 16.9. The van der Waals surface area contributed by atoms with Crippen molar-refractivity contribution >= 4 is 5.91 Å². The van der Waals surface area contributed by atoms with Crippen LogP contribution in [0.4, 0.5) is 8.78 Å². The second-order valence-electron chi connectivity index (χ2n) is 8.37. The van der Waals surface area contributed by atoms with Gasteiger partial charge in [0, 0.05) is 25.4 Å². The Balaban J connectivity index is 1.38. The maximum absolute atomic E-state index is 15.0. The fraction of sp³-hybridized carbons (Fsp3) is 0.348. The third-order valence-corrected chi connectivity index (χ3v) is 6.08. The highest BCUT2D eigenvalue weighted by molar-refractivity contribution is 5.81. The number of carbonyl (C=O) groups excluding carboxylic acids is 1. The maximum atomic E-state index is 15.0. The molecule has 0 spiro atoms. The molecule has 1 aromatic heterocycles. The Morgan fingerprint density at radius 1 is 1.10 bits per heavy atom. The molecule has 2 heterocycles. The maximum Gasteiger partial charge on any atom is 0.348 e. The van der Waals surface area contributed by atoms with Crippen LogP contribution in [-0.4, -0.2) is 38.7 Å². The molecule has 1 amide bonds. The van der Waals surface area contributed by atoms with Crippen molar-refractivity contribution in [1.82, 2.24) is 19.7 Å². The van der Waals surface area contributed by atoms with Gasteiger partial charge >= 0.3 is 5.69 Å². The van der Waals surface area contributed by atoms with Crippen LogP contribution >= 0.6 is 0 Å². The predicted molar refractivity (Wildman–Crippen MR) is 111 cm³/mol. The quantitative estimate of drug-likeness (QED) is 0.683. The van der Waals surface area contributed by atoms with Crippen LogP contribution in [0.15, 0.2) is 47.3 Å². The second kappa shape index (κ2) is 7.76. The fourth-order valence-electron chi connectivity index (χ4n) is 4.30. The first-order valence-electron chi connectivity index (χ1n) is 10.5. The Kier molecular flexibility index (Phi) is 4.92. The standard InChI is InChI=1S/C23H22F2N4O2/c24-18-3-1-2-16(11-18)17-6-7-20(19(25)12-17)29-21(26-27-23(29)31)10-14-8-9-28(13-14)22(30)15-4-5-15/h1-3,6-7,11-12,14-15H,4-5,8-10,13H2,(H,27,31)/t14-/m0/s1. The lowest BCUT2D eigenvalue weighted by Gasteiger charge is -2.16. The van der Waals surface area contributed by atoms with Crippen molar-refractivity contribution < 1.29 is 13.6 Å². The van der Waals surface area contributed by atoms with E-state index in [0.29, 0.717) is 36.5 Å². The monoisotopic (exact) mass is 424 g/mol. The van der Waals surface area contributed by atoms with Crippen LogP contribution in [0.5, 0.6) is 0 Å². The zero-order valence-electron chi connectivity index (χ0n) is 16.9. The van der Waals surface area contributed by atoms with Gasteiger partial charge in [-0.2, -0.15) is 5.10 Å². The van der Waals surface area contributed by atoms with E-state index >= 15 is 0 Å². The van der Waals surface area contributed by atoms with E-state index in [4.69, 9.17) is 0 Å². The number of H-pyrrole nitrogens is 1. The van der Waals surface area contributed by atoms with E-state index in [9.17, 15) is 18.4 Å². The Morgan fingerprint density at radius 2 is 1.90 bits per heavy atom. The number of benzene rings is 2. The molecule has 1 atom stereocenters. The van der Waals surface area contributed by atoms with E-state index in [1.807, 2.05) is 4.90 Å². The molecule has 1 N–H and O–H groups in total. The number of aromatic nitrogens is 3. The molecule has 0 unspecified atom stereocenters. The average Bonchev–Trinajstić information content (AvgIpc) is 3.41. The number of hydrogen-bond donors (Lipinski definition) is 1. The summed E-state index contributed by atoms with van der Waals surface area (Å²) in [6.07, 6.45) is 3.26. The summed E-state index contributed by atoms with van der Waals surface area (Å²) < 4.78 is 29.7. The molecule has 160 valence electrons. The smallest absolute Gasteiger partial charge is 0.342 e. The van der Waals surface area contributed by atoms with Gasteiger partial charge in [0.05, 0.1) is 5.69 Å². The molecular weight excluding hydrogens is 402 g/mol. The minimum Gasteiger partial charge on any atom is -0.342 e. The molecule has 6 nitrogen and oxygen atoms in total. The van der Waals surface area contributed by atoms with Gasteiger partial charge in [0.2, 0.25) is 5.91 Å². The minimum atomic E-state index is -0.594. The molecule has 2 fully saturated rings. The van der Waals surface area contributed by atoms with Gasteiger partial charge in [0.25, 0.3) is 0 Å². The van der Waals surface area contributed by atoms with Crippen molar-refractivity contribution in [2.45, 2.75) is 25.7 Å². The first-order chi connectivity index (χ1) is 15.0. The Bertz CT molecular complexity index is 1200. The summed E-state index contributed by atoms with van der Waals surface area (Å²) in [5.74, 6) is 0.0258. The molecule has 0 radical (unpaired) electrons. The molecule has 1 saturated carbocycles. The van der Waals surface area contributed by atoms with Crippen LogP contribution in [0.2, 0.25) is 0 Å². The van der Waals surface area contributed by atoms with Crippen LogP contribution in [0.3, 0.4) is 0 Å². The van der Waals surface area contributed by atoms with Crippen LogP contribution in [0.25, 0.3) is 16.8 Å². The third-order valence-electron chi connectivity index (χ3n) is 6.08. The van der Waals surface area contributed by atoms with Crippen molar-refractivity contribution in [1.29, 1.82) is 0 Å². The first kappa shape index (κ1) is 19.7. The van der Waals surface area contributed by atoms with Gasteiger partial charge in [-0.1, -0.05) is 18.2 Å². The van der Waals surface area contributed by atoms with E-state index in [1.54, 1.807) is 18.2 Å². The highest BCUT2D eigenvalue weighted by Crippen LogP contribution is 2.33. The van der Waals surface area contributed by atoms with Crippen LogP contribution in [0.1, 0.15) is 25.1 Å². The highest BCUT2D eigenvalue weighted by atomic mass is 19.1. The van der Waals surface area contributed by atoms with Crippen LogP contribution < -0.4 is 5.69 Å². The molecule has 0 bridgehead atoms. The van der Waals surface area contributed by atoms with Gasteiger partial charge in [-0.15, -0.1) is 0 Å². The van der Waals surface area contributed by atoms with Crippen molar-refractivity contribution in [3.8, 4) is 16.8 Å². The number of rotatable bonds is 5. The van der Waals surface area contributed by atoms with Crippen LogP contribution in [-0.2, 0) is 11.2 Å². The van der Waals surface area contributed by atoms with E-state index < -0.39 is 17.3 Å². The van der Waals surface area contributed by atoms with Crippen molar-refractivity contribution in [3.05, 3.63) is 70.4 Å². The van der Waals surface area contributed by atoms with Gasteiger partial charge in [-0.25, -0.2) is 23.2 Å². The van der Waals surface area contributed by atoms with E-state index in [-0.39, 0.29) is 23.4 Å². The number of aromatic amines is 1. The SMILES string of the molecule is O=C(C1CC1)N1CC[C@@H](Cc2n[nH]c(=O)n2-c2ccc(-c3cccc(F)c3)cc2F)C1. The number of halogens is 2. The van der Waals surface area contributed by atoms with E-state index in [1.165, 1.54) is 28.8 Å². The normalized spacial score (nSPS) is 18.5. The Labute approximate surface area is 177 Å². The molecule has 1 aliphatic carbocycles. The number of amides is 1. The molecule has 8 heteroatoms. The van der Waals surface area contributed by atoms with Crippen LogP contribution in [0, 0.1) is 23.5 Å². The summed E-state index contributed by atoms with van der Waals surface area (Å²) in [6, 6.07) is 10.4. The predicted octanol–water partition coefficient (Wildman–Crippen LogP) is 3.31. The number of carbonyl (C=O) groups is 1. The van der Waals surface area contributed by atoms with E-state index in [2.05, 4.69) is 10.2 Å². The lowest BCUT2D eigenvalue weighted by atomic mass is 10.0. The lowest BCUT2D eigenvalue weighted by Crippen LogP contribution is -2.30. The molecule has 1 aliphatic heterocycles. The number of likely N-dealkylation sites (tertiary alicyclic amines) is 1. The summed E-state index contributed by atoms with van der Waals surface area (Å²) in [5, 5.41) is 6.53. The van der Waals surface area contributed by atoms with Gasteiger partial charge in [-0.05, 0) is 60.6 Å². The molecule has 2 aliphatic rings. The summed E-state index contributed by atoms with van der Waals surface area (Å²) in [5.41, 5.74) is 0.648. The van der Waals surface area contributed by atoms with Crippen molar-refractivity contribution in [2.75, 3.05) is 13.1 Å². The zero-order chi connectivity index (χ0) is 21.5. The third kappa shape index (κ3) is 3.89. The summed E-state index contributed by atoms with van der Waals surface area (Å²) in [6.45, 7) is 1.35. The minimum absolute atomic E-state index is 0.0952. The van der Waals surface area contributed by atoms with Crippen molar-refractivity contribution in [3.63, 3.8) is 0 Å². The first-order valence-corrected chi connectivity index (χ1v) is 10.5. The molecular formula is C23H22F2N4O2. The number of hydrogen-bond acceptors (Lipinski definition) is 3. The van der Waals surface area contributed by atoms with Gasteiger partial charge < -0.3 is 4.90 Å². The molecule has 2 aromatic carbocycles. The lowest BCUT2D eigenvalue weighted by molar-refractivity contribution is -0.131. The highest BCUT2D eigenvalue weighted by Gasteiger charge is 2.37. The largest absolute Gasteiger partial charge is 0.348 e. The molecule has 1 saturated heterocycles. The molecule has 5 rings (SSSR count). The molecule has 3 aromatic rings. The Hall–Kier alpha value is -3.29. The summed E-state index contributed by atoms with van der Waals surface area (Å²) in [7, 11) is 0. The van der Waals surface area contributed by atoms with E-state index in [0.717, 1.165) is 19.3 Å². The number of nitrogens with zero attached hydrogens (tertiary/aromatic N) is 3.